The second-order valence-electron chi connectivity index (χ2n) is 14.2. The van der Waals surface area contributed by atoms with Crippen LogP contribution in [0.25, 0.3) is 22.3 Å². The third-order valence-electron chi connectivity index (χ3n) is 7.46. The van der Waals surface area contributed by atoms with Gasteiger partial charge in [0.1, 0.15) is 0 Å². The van der Waals surface area contributed by atoms with Crippen LogP contribution < -0.4 is 0 Å². The van der Waals surface area contributed by atoms with Gasteiger partial charge in [-0.25, -0.2) is 0 Å². The second-order valence-corrected chi connectivity index (χ2v) is 14.2. The van der Waals surface area contributed by atoms with Gasteiger partial charge < -0.3 is 0 Å². The normalized spacial score (nSPS) is 10.6. The van der Waals surface area contributed by atoms with E-state index < -0.39 is 0 Å². The molecule has 0 heterocycles. The Bertz CT molecular complexity index is 1330. The summed E-state index contributed by atoms with van der Waals surface area (Å²) >= 11 is 0. The van der Waals surface area contributed by atoms with Crippen molar-refractivity contribution in [2.75, 3.05) is 0 Å². The molecule has 0 N–H and O–H groups in total. The van der Waals surface area contributed by atoms with Gasteiger partial charge in [-0.15, -0.1) is 0 Å². The Morgan fingerprint density at radius 3 is 1.13 bits per heavy atom. The summed E-state index contributed by atoms with van der Waals surface area (Å²) in [5.41, 5.74) is 11.5. The van der Waals surface area contributed by atoms with Gasteiger partial charge in [0.05, 0.1) is 0 Å². The van der Waals surface area contributed by atoms with Crippen LogP contribution in [-0.2, 0) is 16.2 Å². The van der Waals surface area contributed by atoms with Crippen LogP contribution in [0.2, 0.25) is 0 Å². The van der Waals surface area contributed by atoms with Gasteiger partial charge in [-0.1, -0.05) is 229 Å². The summed E-state index contributed by atoms with van der Waals surface area (Å²) in [5.74, 6) is 0.554. The van der Waals surface area contributed by atoms with E-state index in [4.69, 9.17) is 0 Å². The van der Waals surface area contributed by atoms with Gasteiger partial charge in [0.15, 0.2) is 0 Å². The molecular formula is C47H74. The highest BCUT2D eigenvalue weighted by Crippen LogP contribution is 2.32. The average Bonchev–Trinajstić information content (AvgIpc) is 3.08. The van der Waals surface area contributed by atoms with E-state index in [-0.39, 0.29) is 16.2 Å². The Kier molecular flexibility index (Phi) is 22.0. The maximum atomic E-state index is 2.31. The van der Waals surface area contributed by atoms with E-state index in [9.17, 15) is 0 Å². The highest BCUT2D eigenvalue weighted by atomic mass is 14.2. The Labute approximate surface area is 294 Å². The molecule has 0 aliphatic carbocycles. The Hall–Kier alpha value is -3.12. The number of rotatable bonds is 3. The molecule has 0 heteroatoms. The summed E-state index contributed by atoms with van der Waals surface area (Å²) < 4.78 is 0. The molecule has 0 spiro atoms. The summed E-state index contributed by atoms with van der Waals surface area (Å²) in [5, 5.41) is 0. The molecule has 0 atom stereocenters. The third-order valence-corrected chi connectivity index (χ3v) is 7.46. The van der Waals surface area contributed by atoms with Crippen molar-refractivity contribution in [3.05, 3.63) is 119 Å². The summed E-state index contributed by atoms with van der Waals surface area (Å²) in [6.07, 6.45) is 0. The summed E-state index contributed by atoms with van der Waals surface area (Å²) in [6.45, 7) is 40.8. The zero-order valence-electron chi connectivity index (χ0n) is 34.3. The first-order chi connectivity index (χ1) is 22.1. The van der Waals surface area contributed by atoms with Crippen molar-refractivity contribution in [1.82, 2.24) is 0 Å². The fourth-order valence-electron chi connectivity index (χ4n) is 4.74. The quantitative estimate of drug-likeness (QED) is 0.209. The minimum atomic E-state index is 0.196. The molecule has 0 saturated heterocycles. The summed E-state index contributed by atoms with van der Waals surface area (Å²) in [4.78, 5) is 0. The van der Waals surface area contributed by atoms with Gasteiger partial charge >= 0.3 is 0 Å². The number of hydrogen-bond donors (Lipinski definition) is 0. The van der Waals surface area contributed by atoms with Crippen molar-refractivity contribution in [3.8, 4) is 22.3 Å². The number of hydrogen-bond acceptors (Lipinski definition) is 0. The summed E-state index contributed by atoms with van der Waals surface area (Å²) in [7, 11) is 0. The lowest BCUT2D eigenvalue weighted by molar-refractivity contribution is 0.590. The van der Waals surface area contributed by atoms with Crippen LogP contribution in [-0.4, -0.2) is 0 Å². The predicted octanol–water partition coefficient (Wildman–Crippen LogP) is 15.8. The molecule has 262 valence electrons. The molecule has 0 radical (unpaired) electrons. The lowest BCUT2D eigenvalue weighted by Gasteiger charge is -2.21. The van der Waals surface area contributed by atoms with Crippen LogP contribution in [0.4, 0.5) is 0 Å². The highest BCUT2D eigenvalue weighted by Gasteiger charge is 2.16. The molecule has 4 aromatic rings. The molecule has 0 saturated carbocycles. The van der Waals surface area contributed by atoms with Crippen molar-refractivity contribution in [2.45, 2.75) is 154 Å². The van der Waals surface area contributed by atoms with E-state index in [1.54, 1.807) is 0 Å². The zero-order valence-corrected chi connectivity index (χ0v) is 34.3. The first-order valence-electron chi connectivity index (χ1n) is 18.5. The van der Waals surface area contributed by atoms with E-state index in [1.165, 1.54) is 44.5 Å². The van der Waals surface area contributed by atoms with Gasteiger partial charge in [-0.05, 0) is 66.7 Å². The molecule has 0 bridgehead atoms. The van der Waals surface area contributed by atoms with E-state index in [0.717, 1.165) is 0 Å². The molecule has 0 aliphatic rings. The van der Waals surface area contributed by atoms with E-state index in [1.807, 2.05) is 55.4 Å². The lowest BCUT2D eigenvalue weighted by atomic mass is 9.84. The molecule has 0 nitrogen and oxygen atoms in total. The second kappa shape index (κ2) is 22.4. The molecule has 0 aromatic heterocycles. The van der Waals surface area contributed by atoms with E-state index in [2.05, 4.69) is 173 Å². The van der Waals surface area contributed by atoms with Gasteiger partial charge in [0.2, 0.25) is 0 Å². The van der Waals surface area contributed by atoms with Gasteiger partial charge in [0, 0.05) is 0 Å². The van der Waals surface area contributed by atoms with Crippen LogP contribution in [0, 0.1) is 0 Å². The first-order valence-corrected chi connectivity index (χ1v) is 18.5. The van der Waals surface area contributed by atoms with Crippen LogP contribution >= 0.6 is 0 Å². The monoisotopic (exact) mass is 639 g/mol. The first kappa shape index (κ1) is 46.0. The highest BCUT2D eigenvalue weighted by molar-refractivity contribution is 5.68. The molecule has 0 fully saturated rings. The minimum Gasteiger partial charge on any atom is -0.0683 e. The van der Waals surface area contributed by atoms with Crippen molar-refractivity contribution in [2.24, 2.45) is 0 Å². The molecule has 0 unspecified atom stereocenters. The van der Waals surface area contributed by atoms with Crippen molar-refractivity contribution < 1.29 is 0 Å². The molecule has 4 aromatic carbocycles. The fraction of sp³-hybridized carbons (Fsp3) is 0.489. The summed E-state index contributed by atoms with van der Waals surface area (Å²) in [6, 6.07) is 35.6. The Morgan fingerprint density at radius 2 is 0.745 bits per heavy atom. The van der Waals surface area contributed by atoms with Crippen LogP contribution in [0.15, 0.2) is 97.1 Å². The predicted molar refractivity (Wildman–Crippen MR) is 219 cm³/mol. The molecule has 47 heavy (non-hydrogen) atoms. The van der Waals surface area contributed by atoms with Gasteiger partial charge in [-0.3, -0.25) is 0 Å². The number of benzene rings is 4. The lowest BCUT2D eigenvalue weighted by Crippen LogP contribution is -2.11. The molecule has 0 aliphatic heterocycles. The van der Waals surface area contributed by atoms with Crippen LogP contribution in [0.3, 0.4) is 0 Å². The largest absolute Gasteiger partial charge is 0.0683 e. The zero-order chi connectivity index (χ0) is 37.0. The van der Waals surface area contributed by atoms with Crippen LogP contribution in [0.1, 0.15) is 160 Å². The van der Waals surface area contributed by atoms with Gasteiger partial charge in [0.25, 0.3) is 0 Å². The van der Waals surface area contributed by atoms with E-state index in [0.29, 0.717) is 5.92 Å². The topological polar surface area (TPSA) is 0 Å². The maximum absolute atomic E-state index is 2.31. The smallest absolute Gasteiger partial charge is 0.0132 e. The Morgan fingerprint density at radius 1 is 0.362 bits per heavy atom. The standard InChI is InChI=1S/C20H26.C19H24.4C2H6/c1-19(2,3)17-12-10-15(11-13-17)16-8-7-9-18(14-16)20(4,5)6;1-14(2)17-8-6-7-9-18(17)15-10-12-16(13-11-15)19(3,4)5;4*1-2/h7-14H,1-6H3;6-14H,1-5H3;4*1-2H3. The average molecular weight is 639 g/mol. The third kappa shape index (κ3) is 15.6. The fourth-order valence-corrected chi connectivity index (χ4v) is 4.74. The molecular weight excluding hydrogens is 565 g/mol. The SMILES string of the molecule is CC.CC.CC.CC.CC(C)(C)c1ccc(-c2cccc(C(C)(C)C)c2)cc1.CC(C)c1ccccc1-c1ccc(C(C)(C)C)cc1. The van der Waals surface area contributed by atoms with Gasteiger partial charge in [-0.2, -0.15) is 0 Å². The van der Waals surface area contributed by atoms with E-state index >= 15 is 0 Å². The minimum absolute atomic E-state index is 0.196. The maximum Gasteiger partial charge on any atom is -0.0132 e. The van der Waals surface area contributed by atoms with Crippen molar-refractivity contribution >= 4 is 0 Å². The molecule has 0 amide bonds. The molecule has 4 rings (SSSR count). The van der Waals surface area contributed by atoms with Crippen LogP contribution in [0.5, 0.6) is 0 Å². The Balaban J connectivity index is 0. The van der Waals surface area contributed by atoms with Crippen molar-refractivity contribution in [3.63, 3.8) is 0 Å². The van der Waals surface area contributed by atoms with Crippen molar-refractivity contribution in [1.29, 1.82) is 0 Å².